The molecular weight excluding hydrogens is 350 g/mol. The number of rotatable bonds is 5. The van der Waals surface area contributed by atoms with Crippen LogP contribution < -0.4 is 11.1 Å². The van der Waals surface area contributed by atoms with Crippen LogP contribution in [0.3, 0.4) is 0 Å². The van der Waals surface area contributed by atoms with Crippen LogP contribution in [0, 0.1) is 0 Å². The number of nitrogen functional groups attached to an aromatic ring is 1. The third-order valence-corrected chi connectivity index (χ3v) is 3.81. The molecule has 0 fully saturated rings. The highest BCUT2D eigenvalue weighted by atomic mass is 79.9. The van der Waals surface area contributed by atoms with Gasteiger partial charge in [0.25, 0.3) is 5.95 Å². The summed E-state index contributed by atoms with van der Waals surface area (Å²) in [6, 6.07) is 1.87. The zero-order chi connectivity index (χ0) is 15.5. The maximum absolute atomic E-state index is 5.95. The Kier molecular flexibility index (Phi) is 4.16. The lowest BCUT2D eigenvalue weighted by Crippen LogP contribution is -2.13. The smallest absolute Gasteiger partial charge is 0.255 e. The molecule has 0 unspecified atom stereocenters. The molecule has 3 N–H and O–H groups in total. The maximum atomic E-state index is 5.95. The fourth-order valence-corrected chi connectivity index (χ4v) is 2.28. The summed E-state index contributed by atoms with van der Waals surface area (Å²) >= 11 is 3.38. The van der Waals surface area contributed by atoms with Gasteiger partial charge in [0.15, 0.2) is 0 Å². The van der Waals surface area contributed by atoms with Crippen LogP contribution in [-0.4, -0.2) is 45.0 Å². The molecule has 0 saturated heterocycles. The van der Waals surface area contributed by atoms with Crippen molar-refractivity contribution in [3.63, 3.8) is 0 Å². The molecule has 9 heteroatoms. The van der Waals surface area contributed by atoms with Gasteiger partial charge in [0, 0.05) is 25.2 Å². The predicted octanol–water partition coefficient (Wildman–Crippen LogP) is 1.61. The van der Waals surface area contributed by atoms with E-state index in [1.165, 1.54) is 0 Å². The lowest BCUT2D eigenvalue weighted by molar-refractivity contribution is 0.210. The van der Waals surface area contributed by atoms with Crippen LogP contribution in [0.15, 0.2) is 29.1 Å². The monoisotopic (exact) mass is 363 g/mol. The molecule has 0 saturated carbocycles. The number of hydrogen-bond acceptors (Lipinski definition) is 7. The molecule has 0 amide bonds. The van der Waals surface area contributed by atoms with Crippen molar-refractivity contribution >= 4 is 38.5 Å². The highest BCUT2D eigenvalue weighted by Gasteiger charge is 2.13. The zero-order valence-corrected chi connectivity index (χ0v) is 13.4. The molecule has 0 atom stereocenters. The summed E-state index contributed by atoms with van der Waals surface area (Å²) in [4.78, 5) is 12.8. The zero-order valence-electron chi connectivity index (χ0n) is 11.8. The van der Waals surface area contributed by atoms with Crippen LogP contribution in [0.1, 0.15) is 0 Å². The van der Waals surface area contributed by atoms with E-state index in [0.29, 0.717) is 35.2 Å². The Balaban J connectivity index is 2.03. The average Bonchev–Trinajstić information content (AvgIpc) is 2.95. The molecule has 3 rings (SSSR count). The van der Waals surface area contributed by atoms with Crippen molar-refractivity contribution in [3.05, 3.63) is 29.1 Å². The molecule has 0 aliphatic rings. The molecule has 8 nitrogen and oxygen atoms in total. The SMILES string of the molecule is COCCNc1nc(-n2ncc3ccncc32)nc(N)c1Br. The number of hydrogen-bond donors (Lipinski definition) is 2. The van der Waals surface area contributed by atoms with Crippen molar-refractivity contribution in [1.29, 1.82) is 0 Å². The minimum absolute atomic E-state index is 0.331. The summed E-state index contributed by atoms with van der Waals surface area (Å²) in [5.74, 6) is 1.30. The quantitative estimate of drug-likeness (QED) is 0.663. The van der Waals surface area contributed by atoms with Gasteiger partial charge in [0.1, 0.15) is 16.1 Å². The van der Waals surface area contributed by atoms with Gasteiger partial charge < -0.3 is 15.8 Å². The first kappa shape index (κ1) is 14.7. The van der Waals surface area contributed by atoms with Gasteiger partial charge in [0.05, 0.1) is 24.5 Å². The molecule has 3 aromatic rings. The standard InChI is InChI=1S/C13H14BrN7O/c1-22-5-4-17-12-10(14)11(15)19-13(20-12)21-9-7-16-3-2-8(9)6-18-21/h2-3,6-7H,4-5H2,1H3,(H3,15,17,19,20). The number of ether oxygens (including phenoxy) is 1. The maximum Gasteiger partial charge on any atom is 0.255 e. The second kappa shape index (κ2) is 6.24. The Morgan fingerprint density at radius 2 is 2.23 bits per heavy atom. The van der Waals surface area contributed by atoms with E-state index in [1.54, 1.807) is 30.4 Å². The third-order valence-electron chi connectivity index (χ3n) is 3.03. The number of aromatic nitrogens is 5. The van der Waals surface area contributed by atoms with E-state index < -0.39 is 0 Å². The molecule has 114 valence electrons. The van der Waals surface area contributed by atoms with Crippen LogP contribution in [-0.2, 0) is 4.74 Å². The summed E-state index contributed by atoms with van der Waals surface area (Å²) in [7, 11) is 1.64. The first-order valence-corrected chi connectivity index (χ1v) is 7.34. The minimum Gasteiger partial charge on any atom is -0.383 e. The molecule has 3 aromatic heterocycles. The van der Waals surface area contributed by atoms with Gasteiger partial charge in [-0.05, 0) is 22.0 Å². The minimum atomic E-state index is 0.331. The number of nitrogens with zero attached hydrogens (tertiary/aromatic N) is 5. The van der Waals surface area contributed by atoms with Gasteiger partial charge in [-0.15, -0.1) is 0 Å². The normalized spacial score (nSPS) is 11.0. The Labute approximate surface area is 134 Å². The molecule has 0 aliphatic heterocycles. The van der Waals surface area contributed by atoms with Crippen LogP contribution in [0.2, 0.25) is 0 Å². The van der Waals surface area contributed by atoms with E-state index in [2.05, 4.69) is 41.3 Å². The second-order valence-corrected chi connectivity index (χ2v) is 5.27. The van der Waals surface area contributed by atoms with Crippen molar-refractivity contribution < 1.29 is 4.74 Å². The van der Waals surface area contributed by atoms with E-state index in [4.69, 9.17) is 10.5 Å². The Bertz CT molecular complexity index is 804. The molecule has 0 aromatic carbocycles. The van der Waals surface area contributed by atoms with E-state index in [0.717, 1.165) is 10.9 Å². The largest absolute Gasteiger partial charge is 0.383 e. The highest BCUT2D eigenvalue weighted by Crippen LogP contribution is 2.27. The van der Waals surface area contributed by atoms with E-state index in [1.807, 2.05) is 6.07 Å². The van der Waals surface area contributed by atoms with Crippen LogP contribution in [0.5, 0.6) is 0 Å². The fourth-order valence-electron chi connectivity index (χ4n) is 1.96. The lowest BCUT2D eigenvalue weighted by atomic mass is 10.3. The molecule has 0 spiro atoms. The number of fused-ring (bicyclic) bond motifs is 1. The van der Waals surface area contributed by atoms with Crippen LogP contribution in [0.4, 0.5) is 11.6 Å². The second-order valence-electron chi connectivity index (χ2n) is 4.48. The van der Waals surface area contributed by atoms with Gasteiger partial charge in [-0.25, -0.2) is 0 Å². The summed E-state index contributed by atoms with van der Waals surface area (Å²) in [6.45, 7) is 1.16. The topological polar surface area (TPSA) is 104 Å². The Morgan fingerprint density at radius 1 is 1.36 bits per heavy atom. The number of nitrogens with one attached hydrogen (secondary N) is 1. The van der Waals surface area contributed by atoms with Crippen LogP contribution >= 0.6 is 15.9 Å². The highest BCUT2D eigenvalue weighted by molar-refractivity contribution is 9.10. The summed E-state index contributed by atoms with van der Waals surface area (Å²) < 4.78 is 7.23. The van der Waals surface area contributed by atoms with E-state index >= 15 is 0 Å². The van der Waals surface area contributed by atoms with Crippen molar-refractivity contribution in [2.75, 3.05) is 31.3 Å². The van der Waals surface area contributed by atoms with Gasteiger partial charge in [-0.2, -0.15) is 19.7 Å². The number of methoxy groups -OCH3 is 1. The van der Waals surface area contributed by atoms with Crippen molar-refractivity contribution in [3.8, 4) is 5.95 Å². The number of anilines is 2. The van der Waals surface area contributed by atoms with Gasteiger partial charge in [-0.3, -0.25) is 4.98 Å². The average molecular weight is 364 g/mol. The molecule has 0 radical (unpaired) electrons. The molecule has 22 heavy (non-hydrogen) atoms. The van der Waals surface area contributed by atoms with E-state index in [9.17, 15) is 0 Å². The molecule has 0 aliphatic carbocycles. The first-order chi connectivity index (χ1) is 10.7. The molecule has 0 bridgehead atoms. The number of nitrogens with two attached hydrogens (primary N) is 1. The fraction of sp³-hybridized carbons (Fsp3) is 0.231. The van der Waals surface area contributed by atoms with Crippen molar-refractivity contribution in [1.82, 2.24) is 24.7 Å². The lowest BCUT2D eigenvalue weighted by Gasteiger charge is -2.11. The Morgan fingerprint density at radius 3 is 3.05 bits per heavy atom. The predicted molar refractivity (Wildman–Crippen MR) is 86.9 cm³/mol. The van der Waals surface area contributed by atoms with Crippen LogP contribution in [0.25, 0.3) is 16.9 Å². The summed E-state index contributed by atoms with van der Waals surface area (Å²) in [6.07, 6.45) is 5.15. The van der Waals surface area contributed by atoms with Gasteiger partial charge in [0.2, 0.25) is 0 Å². The van der Waals surface area contributed by atoms with Gasteiger partial charge in [-0.1, -0.05) is 0 Å². The molecule has 3 heterocycles. The Hall–Kier alpha value is -2.26. The van der Waals surface area contributed by atoms with Crippen molar-refractivity contribution in [2.24, 2.45) is 0 Å². The first-order valence-electron chi connectivity index (χ1n) is 6.54. The molecular formula is C13H14BrN7O. The van der Waals surface area contributed by atoms with E-state index in [-0.39, 0.29) is 0 Å². The summed E-state index contributed by atoms with van der Waals surface area (Å²) in [5.41, 5.74) is 6.76. The number of halogens is 1. The third kappa shape index (κ3) is 2.72. The summed E-state index contributed by atoms with van der Waals surface area (Å²) in [5, 5.41) is 8.40. The number of pyridine rings is 1. The van der Waals surface area contributed by atoms with Crippen molar-refractivity contribution in [2.45, 2.75) is 0 Å². The van der Waals surface area contributed by atoms with Gasteiger partial charge >= 0.3 is 0 Å².